The summed E-state index contributed by atoms with van der Waals surface area (Å²) < 4.78 is 40.3. The summed E-state index contributed by atoms with van der Waals surface area (Å²) in [5.41, 5.74) is 0.141. The van der Waals surface area contributed by atoms with Gasteiger partial charge in [0, 0.05) is 12.0 Å². The lowest BCUT2D eigenvalue weighted by Gasteiger charge is -2.23. The Morgan fingerprint density at radius 3 is 2.62 bits per heavy atom. The van der Waals surface area contributed by atoms with Gasteiger partial charge in [-0.3, -0.25) is 4.79 Å². The highest BCUT2D eigenvalue weighted by Gasteiger charge is 2.57. The van der Waals surface area contributed by atoms with E-state index in [1.807, 2.05) is 0 Å². The van der Waals surface area contributed by atoms with Gasteiger partial charge < -0.3 is 15.4 Å². The fraction of sp³-hybridized carbons (Fsp3) is 0.923. The van der Waals surface area contributed by atoms with E-state index in [9.17, 15) is 18.0 Å². The number of hydrogen-bond acceptors (Lipinski definition) is 3. The normalized spacial score (nSPS) is 25.0. The van der Waals surface area contributed by atoms with Crippen LogP contribution in [0.1, 0.15) is 26.2 Å². The fourth-order valence-corrected chi connectivity index (χ4v) is 2.93. The summed E-state index contributed by atoms with van der Waals surface area (Å²) in [4.78, 5) is 12.0. The smallest absolute Gasteiger partial charge is 0.370 e. The molecule has 2 fully saturated rings. The summed E-state index contributed by atoms with van der Waals surface area (Å²) in [6, 6.07) is -0.399. The van der Waals surface area contributed by atoms with E-state index in [1.54, 1.807) is 6.92 Å². The highest BCUT2D eigenvalue weighted by Crippen LogP contribution is 2.58. The maximum Gasteiger partial charge on any atom is 0.411 e. The van der Waals surface area contributed by atoms with Gasteiger partial charge in [0.15, 0.2) is 0 Å². The second-order valence-electron chi connectivity index (χ2n) is 5.91. The lowest BCUT2D eigenvalue weighted by atomic mass is 9.91. The van der Waals surface area contributed by atoms with Gasteiger partial charge in [0.2, 0.25) is 5.91 Å². The van der Waals surface area contributed by atoms with Crippen molar-refractivity contribution in [3.63, 3.8) is 0 Å². The number of rotatable bonds is 5. The van der Waals surface area contributed by atoms with Crippen molar-refractivity contribution in [2.75, 3.05) is 26.3 Å². The average molecular weight is 331 g/mol. The van der Waals surface area contributed by atoms with Crippen molar-refractivity contribution >= 4 is 18.3 Å². The van der Waals surface area contributed by atoms with Crippen LogP contribution in [0, 0.1) is 11.3 Å². The minimum Gasteiger partial charge on any atom is -0.370 e. The van der Waals surface area contributed by atoms with Crippen LogP contribution in [0.15, 0.2) is 0 Å². The Morgan fingerprint density at radius 2 is 2.05 bits per heavy atom. The highest BCUT2D eigenvalue weighted by atomic mass is 35.5. The Bertz CT molecular complexity index is 360. The van der Waals surface area contributed by atoms with Gasteiger partial charge in [-0.25, -0.2) is 0 Å². The Labute approximate surface area is 128 Å². The zero-order chi connectivity index (χ0) is 14.8. The minimum absolute atomic E-state index is 0. The zero-order valence-corrected chi connectivity index (χ0v) is 12.8. The van der Waals surface area contributed by atoms with Crippen LogP contribution in [0.2, 0.25) is 0 Å². The maximum absolute atomic E-state index is 12.0. The molecular formula is C13H22ClF3N2O2. The van der Waals surface area contributed by atoms with E-state index in [4.69, 9.17) is 0 Å². The molecule has 2 unspecified atom stereocenters. The molecule has 0 aromatic rings. The lowest BCUT2D eigenvalue weighted by molar-refractivity contribution is -0.175. The van der Waals surface area contributed by atoms with Gasteiger partial charge in [-0.05, 0) is 44.7 Å². The largest absolute Gasteiger partial charge is 0.411 e. The Morgan fingerprint density at radius 1 is 1.43 bits per heavy atom. The van der Waals surface area contributed by atoms with Crippen LogP contribution in [-0.4, -0.2) is 44.4 Å². The molecule has 1 saturated carbocycles. The summed E-state index contributed by atoms with van der Waals surface area (Å²) >= 11 is 0. The first-order valence-corrected chi connectivity index (χ1v) is 6.98. The average Bonchev–Trinajstić information content (AvgIpc) is 3.02. The summed E-state index contributed by atoms with van der Waals surface area (Å²) in [5.74, 6) is -0.0234. The topological polar surface area (TPSA) is 50.4 Å². The molecule has 1 amide bonds. The molecule has 8 heteroatoms. The van der Waals surface area contributed by atoms with Gasteiger partial charge in [0.25, 0.3) is 0 Å². The molecule has 0 aromatic carbocycles. The molecule has 1 spiro atoms. The monoisotopic (exact) mass is 330 g/mol. The van der Waals surface area contributed by atoms with E-state index in [-0.39, 0.29) is 36.3 Å². The predicted octanol–water partition coefficient (Wildman–Crippen LogP) is 1.88. The molecule has 2 rings (SSSR count). The summed E-state index contributed by atoms with van der Waals surface area (Å²) in [7, 11) is 0. The van der Waals surface area contributed by atoms with Crippen molar-refractivity contribution in [2.45, 2.75) is 38.4 Å². The van der Waals surface area contributed by atoms with Gasteiger partial charge in [-0.15, -0.1) is 12.4 Å². The highest BCUT2D eigenvalue weighted by molar-refractivity contribution is 5.85. The third-order valence-corrected chi connectivity index (χ3v) is 4.13. The van der Waals surface area contributed by atoms with Gasteiger partial charge in [-0.1, -0.05) is 0 Å². The number of piperidine rings is 1. The zero-order valence-electron chi connectivity index (χ0n) is 12.0. The van der Waals surface area contributed by atoms with Crippen LogP contribution in [0.3, 0.4) is 0 Å². The van der Waals surface area contributed by atoms with Gasteiger partial charge in [-0.2, -0.15) is 13.2 Å². The van der Waals surface area contributed by atoms with E-state index < -0.39 is 18.8 Å². The summed E-state index contributed by atoms with van der Waals surface area (Å²) in [6.07, 6.45) is -1.41. The second kappa shape index (κ2) is 7.15. The molecule has 124 valence electrons. The van der Waals surface area contributed by atoms with E-state index in [2.05, 4.69) is 15.4 Å². The van der Waals surface area contributed by atoms with Crippen molar-refractivity contribution < 1.29 is 22.7 Å². The molecule has 1 saturated heterocycles. The molecule has 2 N–H and O–H groups in total. The van der Waals surface area contributed by atoms with Crippen molar-refractivity contribution in [3.8, 4) is 0 Å². The number of alkyl halides is 3. The maximum atomic E-state index is 12.0. The standard InChI is InChI=1S/C13H21F3N2O2.ClH/c1-9(7-20-8-13(14,15)16)18-11(19)10-6-12(10)2-4-17-5-3-12;/h9-10,17H,2-8H2,1H3,(H,18,19);1H. The molecule has 0 bridgehead atoms. The summed E-state index contributed by atoms with van der Waals surface area (Å²) in [5, 5.41) is 6.01. The first kappa shape index (κ1) is 18.5. The predicted molar refractivity (Wildman–Crippen MR) is 74.4 cm³/mol. The first-order valence-electron chi connectivity index (χ1n) is 6.98. The van der Waals surface area contributed by atoms with E-state index >= 15 is 0 Å². The quantitative estimate of drug-likeness (QED) is 0.809. The van der Waals surface area contributed by atoms with Crippen LogP contribution in [0.5, 0.6) is 0 Å². The summed E-state index contributed by atoms with van der Waals surface area (Å²) in [6.45, 7) is 2.15. The van der Waals surface area contributed by atoms with Gasteiger partial charge in [0.05, 0.1) is 6.61 Å². The third kappa shape index (κ3) is 5.30. The molecular weight excluding hydrogens is 309 g/mol. The molecule has 0 aromatic heterocycles. The van der Waals surface area contributed by atoms with Crippen LogP contribution in [0.25, 0.3) is 0 Å². The van der Waals surface area contributed by atoms with E-state index in [0.29, 0.717) is 0 Å². The van der Waals surface area contributed by atoms with Crippen LogP contribution in [-0.2, 0) is 9.53 Å². The number of halogens is 4. The van der Waals surface area contributed by atoms with Crippen molar-refractivity contribution in [1.82, 2.24) is 10.6 Å². The molecule has 21 heavy (non-hydrogen) atoms. The van der Waals surface area contributed by atoms with Crippen molar-refractivity contribution in [2.24, 2.45) is 11.3 Å². The number of amides is 1. The van der Waals surface area contributed by atoms with Crippen molar-refractivity contribution in [1.29, 1.82) is 0 Å². The molecule has 1 aliphatic carbocycles. The molecule has 2 aliphatic rings. The number of carbonyl (C=O) groups excluding carboxylic acids is 1. The number of ether oxygens (including phenoxy) is 1. The van der Waals surface area contributed by atoms with Gasteiger partial charge >= 0.3 is 6.18 Å². The number of carbonyl (C=O) groups is 1. The molecule has 2 atom stereocenters. The number of hydrogen-bond donors (Lipinski definition) is 2. The Balaban J connectivity index is 0.00000220. The van der Waals surface area contributed by atoms with Crippen LogP contribution < -0.4 is 10.6 Å². The van der Waals surface area contributed by atoms with Crippen LogP contribution >= 0.6 is 12.4 Å². The lowest BCUT2D eigenvalue weighted by Crippen LogP contribution is -2.39. The second-order valence-corrected chi connectivity index (χ2v) is 5.91. The third-order valence-electron chi connectivity index (χ3n) is 4.13. The SMILES string of the molecule is CC(COCC(F)(F)F)NC(=O)C1CC12CCNCC2.Cl. The first-order chi connectivity index (χ1) is 9.32. The number of nitrogens with one attached hydrogen (secondary N) is 2. The van der Waals surface area contributed by atoms with E-state index in [0.717, 1.165) is 32.4 Å². The molecule has 1 aliphatic heterocycles. The minimum atomic E-state index is -4.32. The fourth-order valence-electron chi connectivity index (χ4n) is 2.93. The van der Waals surface area contributed by atoms with Gasteiger partial charge in [0.1, 0.15) is 6.61 Å². The Hall–Kier alpha value is -0.530. The van der Waals surface area contributed by atoms with E-state index in [1.165, 1.54) is 0 Å². The molecule has 0 radical (unpaired) electrons. The molecule has 1 heterocycles. The Kier molecular flexibility index (Phi) is 6.31. The molecule has 4 nitrogen and oxygen atoms in total. The van der Waals surface area contributed by atoms with Crippen LogP contribution in [0.4, 0.5) is 13.2 Å². The van der Waals surface area contributed by atoms with Crippen molar-refractivity contribution in [3.05, 3.63) is 0 Å².